The molecule has 0 aliphatic heterocycles. The van der Waals surface area contributed by atoms with Crippen LogP contribution >= 0.6 is 11.6 Å². The summed E-state index contributed by atoms with van der Waals surface area (Å²) in [5, 5.41) is 5.02. The van der Waals surface area contributed by atoms with Crippen LogP contribution in [-0.4, -0.2) is 42.1 Å². The highest BCUT2D eigenvalue weighted by Gasteiger charge is 2.26. The number of carbonyl (C=O) groups is 1. The number of aliphatic imine (C=N–C) groups is 1. The topological polar surface area (TPSA) is 74.9 Å². The maximum absolute atomic E-state index is 12.3. The first-order valence-electron chi connectivity index (χ1n) is 12.4. The molecule has 2 rings (SSSR count). The molecule has 0 radical (unpaired) electrons. The number of rotatable bonds is 10. The molecule has 36 heavy (non-hydrogen) atoms. The summed E-state index contributed by atoms with van der Waals surface area (Å²) >= 11 is 6.72. The van der Waals surface area contributed by atoms with E-state index in [1.807, 2.05) is 39.8 Å². The highest BCUT2D eigenvalue weighted by Crippen LogP contribution is 2.35. The van der Waals surface area contributed by atoms with Gasteiger partial charge in [0.25, 0.3) is 0 Å². The van der Waals surface area contributed by atoms with Crippen LogP contribution in [0.4, 0.5) is 4.79 Å². The zero-order valence-electron chi connectivity index (χ0n) is 23.0. The van der Waals surface area contributed by atoms with Crippen LogP contribution in [0.25, 0.3) is 11.3 Å². The quantitative estimate of drug-likeness (QED) is 0.143. The van der Waals surface area contributed by atoms with Crippen molar-refractivity contribution in [1.82, 2.24) is 9.78 Å². The molecule has 0 saturated carbocycles. The zero-order valence-corrected chi connectivity index (χ0v) is 23.8. The Morgan fingerprint density at radius 1 is 1.17 bits per heavy atom. The lowest BCUT2D eigenvalue weighted by atomic mass is 9.86. The van der Waals surface area contributed by atoms with Crippen LogP contribution in [0.3, 0.4) is 0 Å². The normalized spacial score (nSPS) is 14.4. The van der Waals surface area contributed by atoms with Gasteiger partial charge in [-0.1, -0.05) is 76.9 Å². The zero-order chi connectivity index (χ0) is 27.0. The van der Waals surface area contributed by atoms with Gasteiger partial charge in [-0.2, -0.15) is 5.10 Å². The number of aromatic nitrogens is 2. The highest BCUT2D eigenvalue weighted by atomic mass is 35.5. The Kier molecular flexibility index (Phi) is 10.6. The average Bonchev–Trinajstić information content (AvgIpc) is 3.12. The van der Waals surface area contributed by atoms with E-state index in [2.05, 4.69) is 43.0 Å². The van der Waals surface area contributed by atoms with Gasteiger partial charge >= 0.3 is 6.16 Å². The molecule has 1 aromatic heterocycles. The number of benzene rings is 1. The number of aryl methyl sites for hydroxylation is 2. The van der Waals surface area contributed by atoms with Crippen LogP contribution in [0.1, 0.15) is 77.4 Å². The summed E-state index contributed by atoms with van der Waals surface area (Å²) in [6, 6.07) is 8.24. The number of carbonyl (C=O) groups excluding carboxylic acids is 1. The minimum Gasteiger partial charge on any atom is -0.452 e. The molecule has 2 unspecified atom stereocenters. The predicted molar refractivity (Wildman–Crippen MR) is 146 cm³/mol. The number of hydrogen-bond acceptors (Lipinski definition) is 6. The highest BCUT2D eigenvalue weighted by molar-refractivity contribution is 6.33. The molecule has 0 spiro atoms. The average molecular weight is 518 g/mol. The van der Waals surface area contributed by atoms with E-state index in [1.54, 1.807) is 24.9 Å². The third kappa shape index (κ3) is 7.60. The Balaban J connectivity index is 2.56. The van der Waals surface area contributed by atoms with Gasteiger partial charge in [-0.15, -0.1) is 0 Å². The molecular formula is C28H40ClN3O4. The second kappa shape index (κ2) is 12.9. The molecule has 0 amide bonds. The third-order valence-corrected chi connectivity index (χ3v) is 6.31. The van der Waals surface area contributed by atoms with Crippen LogP contribution in [0.5, 0.6) is 0 Å². The van der Waals surface area contributed by atoms with Crippen molar-refractivity contribution in [2.75, 3.05) is 13.7 Å². The third-order valence-electron chi connectivity index (χ3n) is 5.86. The molecule has 0 fully saturated rings. The largest absolute Gasteiger partial charge is 0.511 e. The van der Waals surface area contributed by atoms with E-state index in [-0.39, 0.29) is 17.9 Å². The van der Waals surface area contributed by atoms with Gasteiger partial charge in [0.15, 0.2) is 5.76 Å². The molecule has 1 aromatic carbocycles. The molecule has 0 N–H and O–H groups in total. The Morgan fingerprint density at radius 3 is 2.33 bits per heavy atom. The SMILES string of the molecule is CCC(C)COC(=O)OC(C)O/C(=C(/C=NC)c1ccc(C(C)(C)C)cc1)c1c(Cl)c(C)nn1CC. The second-order valence-corrected chi connectivity index (χ2v) is 10.3. The fourth-order valence-corrected chi connectivity index (χ4v) is 3.70. The fourth-order valence-electron chi connectivity index (χ4n) is 3.48. The van der Waals surface area contributed by atoms with Crippen LogP contribution in [0.15, 0.2) is 29.3 Å². The van der Waals surface area contributed by atoms with Crippen LogP contribution in [-0.2, 0) is 26.2 Å². The smallest absolute Gasteiger partial charge is 0.452 e. The first-order valence-corrected chi connectivity index (χ1v) is 12.8. The molecule has 1 heterocycles. The first kappa shape index (κ1) is 29.4. The van der Waals surface area contributed by atoms with E-state index in [1.165, 1.54) is 5.56 Å². The van der Waals surface area contributed by atoms with Crippen LogP contribution < -0.4 is 0 Å². The van der Waals surface area contributed by atoms with Crippen molar-refractivity contribution < 1.29 is 19.0 Å². The Hall–Kier alpha value is -2.80. The lowest BCUT2D eigenvalue weighted by Crippen LogP contribution is -2.21. The fraction of sp³-hybridized carbons (Fsp3) is 0.536. The summed E-state index contributed by atoms with van der Waals surface area (Å²) < 4.78 is 18.7. The van der Waals surface area contributed by atoms with Crippen LogP contribution in [0.2, 0.25) is 5.02 Å². The molecular weight excluding hydrogens is 478 g/mol. The monoisotopic (exact) mass is 517 g/mol. The van der Waals surface area contributed by atoms with Crippen molar-refractivity contribution in [1.29, 1.82) is 0 Å². The van der Waals surface area contributed by atoms with E-state index < -0.39 is 12.4 Å². The molecule has 0 bridgehead atoms. The van der Waals surface area contributed by atoms with Gasteiger partial charge in [0.05, 0.1) is 17.3 Å². The van der Waals surface area contributed by atoms with E-state index in [4.69, 9.17) is 25.8 Å². The second-order valence-electron chi connectivity index (χ2n) is 9.90. The van der Waals surface area contributed by atoms with Crippen molar-refractivity contribution >= 4 is 35.3 Å². The Morgan fingerprint density at radius 2 is 1.81 bits per heavy atom. The predicted octanol–water partition coefficient (Wildman–Crippen LogP) is 7.29. The first-order chi connectivity index (χ1) is 16.9. The molecule has 7 nitrogen and oxygen atoms in total. The molecule has 2 atom stereocenters. The van der Waals surface area contributed by atoms with Crippen LogP contribution in [0, 0.1) is 12.8 Å². The molecule has 0 saturated heterocycles. The standard InChI is InChI=1S/C28H40ClN3O4/c1-10-18(3)17-34-27(33)36-20(5)35-26(25-24(29)19(4)31-32(25)11-2)23(16-30-9)21-12-14-22(15-13-21)28(6,7)8/h12-16,18,20H,10-11,17H2,1-9H3/b26-23-,30-16?. The van der Waals surface area contributed by atoms with Gasteiger partial charge in [-0.3, -0.25) is 9.67 Å². The lowest BCUT2D eigenvalue weighted by molar-refractivity contribution is -0.0694. The summed E-state index contributed by atoms with van der Waals surface area (Å²) in [5.41, 5.74) is 4.06. The van der Waals surface area contributed by atoms with E-state index in [0.717, 1.165) is 12.0 Å². The van der Waals surface area contributed by atoms with E-state index >= 15 is 0 Å². The maximum atomic E-state index is 12.3. The number of allylic oxidation sites excluding steroid dienone is 1. The van der Waals surface area contributed by atoms with Gasteiger partial charge < -0.3 is 14.2 Å². The lowest BCUT2D eigenvalue weighted by Gasteiger charge is -2.22. The molecule has 0 aliphatic rings. The Bertz CT molecular complexity index is 1080. The summed E-state index contributed by atoms with van der Waals surface area (Å²) in [6.45, 7) is 16.9. The summed E-state index contributed by atoms with van der Waals surface area (Å²) in [7, 11) is 1.69. The summed E-state index contributed by atoms with van der Waals surface area (Å²) in [6.07, 6.45) is 0.885. The minimum atomic E-state index is -0.949. The molecule has 198 valence electrons. The number of ether oxygens (including phenoxy) is 3. The van der Waals surface area contributed by atoms with Crippen molar-refractivity contribution in [2.24, 2.45) is 10.9 Å². The number of hydrogen-bond donors (Lipinski definition) is 0. The molecule has 8 heteroatoms. The maximum Gasteiger partial charge on any atom is 0.511 e. The summed E-state index contributed by atoms with van der Waals surface area (Å²) in [5.74, 6) is 0.659. The van der Waals surface area contributed by atoms with E-state index in [0.29, 0.717) is 34.3 Å². The van der Waals surface area contributed by atoms with Crippen molar-refractivity contribution in [2.45, 2.75) is 80.1 Å². The van der Waals surface area contributed by atoms with Gasteiger partial charge in [-0.25, -0.2) is 4.79 Å². The summed E-state index contributed by atoms with van der Waals surface area (Å²) in [4.78, 5) is 16.6. The molecule has 0 aliphatic carbocycles. The van der Waals surface area contributed by atoms with Crippen molar-refractivity contribution in [3.05, 3.63) is 51.8 Å². The van der Waals surface area contributed by atoms with Gasteiger partial charge in [0.1, 0.15) is 5.69 Å². The Labute approximate surface area is 220 Å². The molecule has 2 aromatic rings. The van der Waals surface area contributed by atoms with Crippen molar-refractivity contribution in [3.63, 3.8) is 0 Å². The van der Waals surface area contributed by atoms with E-state index in [9.17, 15) is 4.79 Å². The number of halogens is 1. The van der Waals surface area contributed by atoms with Gasteiger partial charge in [0, 0.05) is 32.3 Å². The minimum absolute atomic E-state index is 0.0137. The van der Waals surface area contributed by atoms with Crippen molar-refractivity contribution in [3.8, 4) is 0 Å². The number of nitrogens with zero attached hydrogens (tertiary/aromatic N) is 3. The van der Waals surface area contributed by atoms with Gasteiger partial charge in [-0.05, 0) is 36.3 Å². The van der Waals surface area contributed by atoms with Gasteiger partial charge in [0.2, 0.25) is 6.29 Å².